The van der Waals surface area contributed by atoms with E-state index in [0.717, 1.165) is 11.3 Å². The lowest BCUT2D eigenvalue weighted by Gasteiger charge is -1.99. The summed E-state index contributed by atoms with van der Waals surface area (Å²) in [5.41, 5.74) is 2.29. The van der Waals surface area contributed by atoms with Gasteiger partial charge in [0.2, 0.25) is 5.89 Å². The zero-order chi connectivity index (χ0) is 15.5. The van der Waals surface area contributed by atoms with Crippen LogP contribution in [0.4, 0.5) is 5.69 Å². The number of isothiocyanates is 1. The monoisotopic (exact) mass is 345 g/mol. The molecule has 0 fully saturated rings. The van der Waals surface area contributed by atoms with Crippen LogP contribution in [0.15, 0.2) is 57.9 Å². The lowest BCUT2D eigenvalue weighted by atomic mass is 10.2. The number of nitrogens with zero attached hydrogens (tertiary/aromatic N) is 3. The maximum absolute atomic E-state index is 5.87. The van der Waals surface area contributed by atoms with E-state index in [4.69, 9.17) is 28.2 Å². The normalized spacial score (nSPS) is 10.2. The third-order valence-electron chi connectivity index (χ3n) is 2.91. The minimum absolute atomic E-state index is 0.260. The highest BCUT2D eigenvalue weighted by Gasteiger charge is 2.09. The molecule has 0 atom stereocenters. The molecule has 1 aromatic heterocycles. The number of benzene rings is 2. The molecule has 3 aromatic rings. The van der Waals surface area contributed by atoms with Crippen molar-refractivity contribution >= 4 is 46.9 Å². The smallest absolute Gasteiger partial charge is 0.292 e. The Hall–Kier alpha value is -2.11. The summed E-state index contributed by atoms with van der Waals surface area (Å²) >= 11 is 15.7. The topological polar surface area (TPSA) is 43.3 Å². The first-order chi connectivity index (χ1) is 10.7. The molecular formula is C15H8ClN3OS2. The molecule has 0 aliphatic carbocycles. The van der Waals surface area contributed by atoms with Crippen LogP contribution in [0.25, 0.3) is 17.1 Å². The molecule has 7 heteroatoms. The summed E-state index contributed by atoms with van der Waals surface area (Å²) in [5.74, 6) is 0.433. The second-order valence-electron chi connectivity index (χ2n) is 4.31. The predicted molar refractivity (Wildman–Crippen MR) is 91.8 cm³/mol. The Balaban J connectivity index is 2.00. The van der Waals surface area contributed by atoms with Crippen molar-refractivity contribution in [3.05, 3.63) is 58.4 Å². The van der Waals surface area contributed by atoms with Crippen LogP contribution in [0.2, 0.25) is 5.02 Å². The fourth-order valence-corrected chi connectivity index (χ4v) is 2.33. The third kappa shape index (κ3) is 3.05. The van der Waals surface area contributed by atoms with E-state index >= 15 is 0 Å². The number of hydrogen-bond acceptors (Lipinski definition) is 5. The summed E-state index contributed by atoms with van der Waals surface area (Å²) in [5, 5.41) is 7.36. The van der Waals surface area contributed by atoms with Gasteiger partial charge in [0.1, 0.15) is 0 Å². The molecule has 0 N–H and O–H groups in total. The van der Waals surface area contributed by atoms with E-state index < -0.39 is 0 Å². The van der Waals surface area contributed by atoms with Crippen molar-refractivity contribution in [3.8, 4) is 17.1 Å². The van der Waals surface area contributed by atoms with Gasteiger partial charge in [-0.15, -0.1) is 5.10 Å². The second kappa shape index (κ2) is 6.34. The summed E-state index contributed by atoms with van der Waals surface area (Å²) in [6.45, 7) is 0. The number of thiocarbonyl (C=S) groups is 1. The van der Waals surface area contributed by atoms with Crippen molar-refractivity contribution < 1.29 is 4.42 Å². The largest absolute Gasteiger partial charge is 0.409 e. The molecule has 0 saturated carbocycles. The maximum Gasteiger partial charge on any atom is 0.292 e. The van der Waals surface area contributed by atoms with Gasteiger partial charge in [0.05, 0.1) is 16.5 Å². The molecule has 0 aliphatic rings. The lowest BCUT2D eigenvalue weighted by Crippen LogP contribution is -1.95. The van der Waals surface area contributed by atoms with Gasteiger partial charge < -0.3 is 4.42 Å². The van der Waals surface area contributed by atoms with E-state index in [0.29, 0.717) is 16.6 Å². The fraction of sp³-hybridized carbons (Fsp3) is 0. The molecule has 22 heavy (non-hydrogen) atoms. The van der Waals surface area contributed by atoms with Crippen LogP contribution in [-0.4, -0.2) is 14.9 Å². The van der Waals surface area contributed by atoms with E-state index in [1.807, 2.05) is 24.3 Å². The standard InChI is InChI=1S/C15H8ClN3OS2/c16-11-3-1-10(2-4-11)14-18-19(15(22)20-14)13-7-5-12(6-8-13)17-9-21/h1-8H. The van der Waals surface area contributed by atoms with Crippen LogP contribution in [0.5, 0.6) is 0 Å². The highest BCUT2D eigenvalue weighted by molar-refractivity contribution is 7.78. The predicted octanol–water partition coefficient (Wildman–Crippen LogP) is 5.25. The Kier molecular flexibility index (Phi) is 4.27. The quantitative estimate of drug-likeness (QED) is 0.480. The van der Waals surface area contributed by atoms with Crippen molar-refractivity contribution in [2.45, 2.75) is 0 Å². The Morgan fingerprint density at radius 3 is 2.41 bits per heavy atom. The van der Waals surface area contributed by atoms with Crippen molar-refractivity contribution in [1.29, 1.82) is 0 Å². The fourth-order valence-electron chi connectivity index (χ4n) is 1.87. The number of rotatable bonds is 3. The number of aromatic nitrogens is 2. The summed E-state index contributed by atoms with van der Waals surface area (Å²) in [7, 11) is 0. The van der Waals surface area contributed by atoms with E-state index in [1.165, 1.54) is 0 Å². The SMILES string of the molecule is S=C=Nc1ccc(-n2nc(-c3ccc(Cl)cc3)oc2=S)cc1. The zero-order valence-electron chi connectivity index (χ0n) is 11.1. The van der Waals surface area contributed by atoms with Gasteiger partial charge in [-0.25, -0.2) is 0 Å². The molecule has 0 aliphatic heterocycles. The lowest BCUT2D eigenvalue weighted by molar-refractivity contribution is 0.544. The van der Waals surface area contributed by atoms with Crippen LogP contribution in [-0.2, 0) is 0 Å². The minimum atomic E-state index is 0.260. The van der Waals surface area contributed by atoms with Crippen LogP contribution < -0.4 is 0 Å². The first-order valence-corrected chi connectivity index (χ1v) is 7.41. The van der Waals surface area contributed by atoms with Crippen LogP contribution >= 0.6 is 36.0 Å². The van der Waals surface area contributed by atoms with Gasteiger partial charge in [0, 0.05) is 10.6 Å². The molecule has 1 heterocycles. The second-order valence-corrected chi connectivity index (χ2v) is 5.28. The van der Waals surface area contributed by atoms with Crippen molar-refractivity contribution in [2.24, 2.45) is 4.99 Å². The van der Waals surface area contributed by atoms with Gasteiger partial charge in [0.25, 0.3) is 4.84 Å². The average molecular weight is 346 g/mol. The zero-order valence-corrected chi connectivity index (χ0v) is 13.5. The maximum atomic E-state index is 5.87. The van der Waals surface area contributed by atoms with E-state index in [1.54, 1.807) is 28.9 Å². The van der Waals surface area contributed by atoms with Crippen LogP contribution in [0.1, 0.15) is 0 Å². The van der Waals surface area contributed by atoms with Crippen LogP contribution in [0, 0.1) is 4.84 Å². The Morgan fingerprint density at radius 1 is 1.09 bits per heavy atom. The molecular weight excluding hydrogens is 338 g/mol. The Bertz CT molecular complexity index is 907. The highest BCUT2D eigenvalue weighted by atomic mass is 35.5. The van der Waals surface area contributed by atoms with Crippen molar-refractivity contribution in [1.82, 2.24) is 9.78 Å². The molecule has 0 unspecified atom stereocenters. The molecule has 2 aromatic carbocycles. The van der Waals surface area contributed by atoms with Gasteiger partial charge in [-0.05, 0) is 73.0 Å². The summed E-state index contributed by atoms with van der Waals surface area (Å²) in [6, 6.07) is 14.4. The first kappa shape index (κ1) is 14.8. The summed E-state index contributed by atoms with van der Waals surface area (Å²) in [6.07, 6.45) is 0. The minimum Gasteiger partial charge on any atom is -0.409 e. The molecule has 108 valence electrons. The van der Waals surface area contributed by atoms with E-state index in [2.05, 4.69) is 27.5 Å². The number of halogens is 1. The van der Waals surface area contributed by atoms with Gasteiger partial charge >= 0.3 is 0 Å². The summed E-state index contributed by atoms with van der Waals surface area (Å²) in [4.78, 5) is 4.16. The Labute approximate surface area is 141 Å². The molecule has 0 spiro atoms. The van der Waals surface area contributed by atoms with Gasteiger partial charge in [-0.2, -0.15) is 9.67 Å². The van der Waals surface area contributed by atoms with Gasteiger partial charge in [-0.1, -0.05) is 11.6 Å². The summed E-state index contributed by atoms with van der Waals surface area (Å²) < 4.78 is 7.09. The first-order valence-electron chi connectivity index (χ1n) is 6.22. The highest BCUT2D eigenvalue weighted by Crippen LogP contribution is 2.22. The van der Waals surface area contributed by atoms with Crippen LogP contribution in [0.3, 0.4) is 0 Å². The average Bonchev–Trinajstić information content (AvgIpc) is 2.91. The number of aliphatic imine (C=N–C) groups is 1. The molecule has 0 bridgehead atoms. The Morgan fingerprint density at radius 2 is 1.77 bits per heavy atom. The molecule has 0 amide bonds. The molecule has 4 nitrogen and oxygen atoms in total. The molecule has 0 radical (unpaired) electrons. The van der Waals surface area contributed by atoms with E-state index in [-0.39, 0.29) is 4.84 Å². The number of hydrogen-bond donors (Lipinski definition) is 0. The molecule has 0 saturated heterocycles. The molecule has 3 rings (SSSR count). The van der Waals surface area contributed by atoms with Gasteiger partial charge in [-0.3, -0.25) is 0 Å². The van der Waals surface area contributed by atoms with Crippen molar-refractivity contribution in [2.75, 3.05) is 0 Å². The van der Waals surface area contributed by atoms with Crippen molar-refractivity contribution in [3.63, 3.8) is 0 Å². The van der Waals surface area contributed by atoms with Gasteiger partial charge in [0.15, 0.2) is 0 Å². The van der Waals surface area contributed by atoms with E-state index in [9.17, 15) is 0 Å². The third-order valence-corrected chi connectivity index (χ3v) is 3.51.